The van der Waals surface area contributed by atoms with Crippen molar-refractivity contribution in [2.75, 3.05) is 6.61 Å². The van der Waals surface area contributed by atoms with Crippen molar-refractivity contribution in [2.24, 2.45) is 0 Å². The molecule has 0 aliphatic rings. The van der Waals surface area contributed by atoms with Crippen molar-refractivity contribution >= 4 is 16.9 Å². The Bertz CT molecular complexity index is 884. The van der Waals surface area contributed by atoms with E-state index < -0.39 is 0 Å². The summed E-state index contributed by atoms with van der Waals surface area (Å²) in [5.41, 5.74) is 3.18. The molecule has 5 heteroatoms. The number of fused-ring (bicyclic) bond motifs is 1. The van der Waals surface area contributed by atoms with Gasteiger partial charge >= 0.3 is 0 Å². The van der Waals surface area contributed by atoms with E-state index in [0.29, 0.717) is 19.6 Å². The third-order valence-corrected chi connectivity index (χ3v) is 4.37. The summed E-state index contributed by atoms with van der Waals surface area (Å²) in [6, 6.07) is 15.9. The molecule has 3 aromatic rings. The number of carbonyl (C=O) groups excluding carboxylic acids is 1. The maximum atomic E-state index is 11.8. The highest BCUT2D eigenvalue weighted by atomic mass is 16.5. The number of imidazole rings is 1. The molecule has 0 fully saturated rings. The van der Waals surface area contributed by atoms with Crippen molar-refractivity contribution in [1.29, 1.82) is 0 Å². The number of carbonyl (C=O) groups is 1. The lowest BCUT2D eigenvalue weighted by atomic mass is 10.2. The van der Waals surface area contributed by atoms with Gasteiger partial charge < -0.3 is 14.6 Å². The SMILES string of the molecule is CCC(=O)NC(C)c1nc2ccccc2n1CCOc1ccc(C)cc1. The molecular weight excluding hydrogens is 326 g/mol. The number of nitrogens with zero attached hydrogens (tertiary/aromatic N) is 2. The molecule has 136 valence electrons. The summed E-state index contributed by atoms with van der Waals surface area (Å²) in [6.07, 6.45) is 0.459. The number of ether oxygens (including phenoxy) is 1. The topological polar surface area (TPSA) is 56.2 Å². The van der Waals surface area contributed by atoms with Crippen molar-refractivity contribution in [2.45, 2.75) is 39.8 Å². The smallest absolute Gasteiger partial charge is 0.220 e. The lowest BCUT2D eigenvalue weighted by Gasteiger charge is -2.16. The minimum atomic E-state index is -0.158. The van der Waals surface area contributed by atoms with Crippen LogP contribution in [0.5, 0.6) is 5.75 Å². The highest BCUT2D eigenvalue weighted by molar-refractivity contribution is 5.77. The average molecular weight is 351 g/mol. The number of rotatable bonds is 7. The summed E-state index contributed by atoms with van der Waals surface area (Å²) in [6.45, 7) is 7.06. The number of para-hydroxylation sites is 2. The van der Waals surface area contributed by atoms with Gasteiger partial charge in [-0.15, -0.1) is 0 Å². The van der Waals surface area contributed by atoms with E-state index in [1.165, 1.54) is 5.56 Å². The first kappa shape index (κ1) is 18.0. The number of amides is 1. The van der Waals surface area contributed by atoms with Crippen LogP contribution < -0.4 is 10.1 Å². The van der Waals surface area contributed by atoms with Gasteiger partial charge in [-0.25, -0.2) is 4.98 Å². The van der Waals surface area contributed by atoms with E-state index in [9.17, 15) is 4.79 Å². The minimum absolute atomic E-state index is 0.0204. The third-order valence-electron chi connectivity index (χ3n) is 4.37. The molecule has 26 heavy (non-hydrogen) atoms. The zero-order chi connectivity index (χ0) is 18.5. The standard InChI is InChI=1S/C21H25N3O2/c1-4-20(25)22-16(3)21-23-18-7-5-6-8-19(18)24(21)13-14-26-17-11-9-15(2)10-12-17/h5-12,16H,4,13-14H2,1-3H3,(H,22,25). The van der Waals surface area contributed by atoms with Gasteiger partial charge in [0.25, 0.3) is 0 Å². The summed E-state index contributed by atoms with van der Waals surface area (Å²) in [5, 5.41) is 3.00. The highest BCUT2D eigenvalue weighted by Gasteiger charge is 2.17. The largest absolute Gasteiger partial charge is 0.492 e. The maximum absolute atomic E-state index is 11.8. The van der Waals surface area contributed by atoms with Gasteiger partial charge in [0.05, 0.1) is 23.6 Å². The fourth-order valence-corrected chi connectivity index (χ4v) is 2.96. The molecule has 1 atom stereocenters. The number of hydrogen-bond donors (Lipinski definition) is 1. The monoisotopic (exact) mass is 351 g/mol. The number of nitrogens with one attached hydrogen (secondary N) is 1. The van der Waals surface area contributed by atoms with Gasteiger partial charge in [-0.3, -0.25) is 4.79 Å². The van der Waals surface area contributed by atoms with Crippen molar-refractivity contribution in [1.82, 2.24) is 14.9 Å². The van der Waals surface area contributed by atoms with Gasteiger partial charge in [0.2, 0.25) is 5.91 Å². The van der Waals surface area contributed by atoms with Gasteiger partial charge in [-0.05, 0) is 38.1 Å². The Morgan fingerprint density at radius 2 is 1.92 bits per heavy atom. The fourth-order valence-electron chi connectivity index (χ4n) is 2.96. The molecule has 1 N–H and O–H groups in total. The van der Waals surface area contributed by atoms with E-state index in [4.69, 9.17) is 9.72 Å². The lowest BCUT2D eigenvalue weighted by Crippen LogP contribution is -2.28. The second kappa shape index (κ2) is 8.04. The van der Waals surface area contributed by atoms with Crippen molar-refractivity contribution < 1.29 is 9.53 Å². The Balaban J connectivity index is 1.79. The fraction of sp³-hybridized carbons (Fsp3) is 0.333. The zero-order valence-electron chi connectivity index (χ0n) is 15.5. The molecule has 0 bridgehead atoms. The molecule has 0 radical (unpaired) electrons. The quantitative estimate of drug-likeness (QED) is 0.700. The Morgan fingerprint density at radius 1 is 1.19 bits per heavy atom. The van der Waals surface area contributed by atoms with Gasteiger partial charge in [-0.1, -0.05) is 36.8 Å². The summed E-state index contributed by atoms with van der Waals surface area (Å²) in [7, 11) is 0. The summed E-state index contributed by atoms with van der Waals surface area (Å²) >= 11 is 0. The number of aromatic nitrogens is 2. The van der Waals surface area contributed by atoms with Crippen LogP contribution in [0.4, 0.5) is 0 Å². The van der Waals surface area contributed by atoms with Crippen LogP contribution in [0.15, 0.2) is 48.5 Å². The molecule has 0 saturated heterocycles. The summed E-state index contributed by atoms with van der Waals surface area (Å²) in [5.74, 6) is 1.72. The second-order valence-corrected chi connectivity index (χ2v) is 6.41. The first-order valence-electron chi connectivity index (χ1n) is 9.02. The van der Waals surface area contributed by atoms with Crippen LogP contribution >= 0.6 is 0 Å². The predicted octanol–water partition coefficient (Wildman–Crippen LogP) is 4.01. The van der Waals surface area contributed by atoms with Gasteiger partial charge in [0.1, 0.15) is 18.2 Å². The number of aryl methyl sites for hydroxylation is 1. The van der Waals surface area contributed by atoms with E-state index in [2.05, 4.69) is 16.8 Å². The molecule has 3 rings (SSSR count). The molecule has 1 amide bonds. The molecule has 1 aromatic heterocycles. The van der Waals surface area contributed by atoms with Crippen LogP contribution in [-0.4, -0.2) is 22.1 Å². The first-order chi connectivity index (χ1) is 12.6. The van der Waals surface area contributed by atoms with Crippen LogP contribution in [0.2, 0.25) is 0 Å². The third kappa shape index (κ3) is 4.04. The average Bonchev–Trinajstić information content (AvgIpc) is 3.02. The predicted molar refractivity (Wildman–Crippen MR) is 103 cm³/mol. The highest BCUT2D eigenvalue weighted by Crippen LogP contribution is 2.21. The van der Waals surface area contributed by atoms with E-state index in [1.807, 2.05) is 62.4 Å². The molecule has 0 aliphatic heterocycles. The van der Waals surface area contributed by atoms with Gasteiger partial charge in [-0.2, -0.15) is 0 Å². The Hall–Kier alpha value is -2.82. The van der Waals surface area contributed by atoms with Crippen molar-refractivity contribution in [3.63, 3.8) is 0 Å². The molecule has 0 spiro atoms. The Labute approximate surface area is 154 Å². The molecule has 1 unspecified atom stereocenters. The number of benzene rings is 2. The molecule has 0 saturated carbocycles. The normalized spacial score (nSPS) is 12.1. The Morgan fingerprint density at radius 3 is 2.65 bits per heavy atom. The molecule has 2 aromatic carbocycles. The van der Waals surface area contributed by atoms with Crippen LogP contribution in [0.1, 0.15) is 37.7 Å². The van der Waals surface area contributed by atoms with E-state index in [-0.39, 0.29) is 11.9 Å². The van der Waals surface area contributed by atoms with Crippen LogP contribution in [0.25, 0.3) is 11.0 Å². The minimum Gasteiger partial charge on any atom is -0.492 e. The Kier molecular flexibility index (Phi) is 5.56. The van der Waals surface area contributed by atoms with Crippen LogP contribution in [-0.2, 0) is 11.3 Å². The second-order valence-electron chi connectivity index (χ2n) is 6.41. The van der Waals surface area contributed by atoms with Crippen molar-refractivity contribution in [3.05, 3.63) is 59.9 Å². The molecular formula is C21H25N3O2. The summed E-state index contributed by atoms with van der Waals surface area (Å²) < 4.78 is 8.01. The molecule has 1 heterocycles. The van der Waals surface area contributed by atoms with E-state index >= 15 is 0 Å². The van der Waals surface area contributed by atoms with Crippen molar-refractivity contribution in [3.8, 4) is 5.75 Å². The van der Waals surface area contributed by atoms with E-state index in [1.54, 1.807) is 0 Å². The maximum Gasteiger partial charge on any atom is 0.220 e. The zero-order valence-corrected chi connectivity index (χ0v) is 15.5. The lowest BCUT2D eigenvalue weighted by molar-refractivity contribution is -0.121. The summed E-state index contributed by atoms with van der Waals surface area (Å²) in [4.78, 5) is 16.5. The first-order valence-corrected chi connectivity index (χ1v) is 9.02. The van der Waals surface area contributed by atoms with Gasteiger partial charge in [0.15, 0.2) is 0 Å². The van der Waals surface area contributed by atoms with Crippen LogP contribution in [0.3, 0.4) is 0 Å². The molecule has 5 nitrogen and oxygen atoms in total. The van der Waals surface area contributed by atoms with Gasteiger partial charge in [0, 0.05) is 6.42 Å². The van der Waals surface area contributed by atoms with Crippen LogP contribution in [0, 0.1) is 6.92 Å². The van der Waals surface area contributed by atoms with E-state index in [0.717, 1.165) is 22.6 Å². The number of hydrogen-bond acceptors (Lipinski definition) is 3. The molecule has 0 aliphatic carbocycles.